The summed E-state index contributed by atoms with van der Waals surface area (Å²) in [6, 6.07) is 0.743. The summed E-state index contributed by atoms with van der Waals surface area (Å²) in [6.07, 6.45) is 7.14. The molecule has 1 N–H and O–H groups in total. The zero-order valence-electron chi connectivity index (χ0n) is 10.2. The molecule has 15 heavy (non-hydrogen) atoms. The maximum Gasteiger partial charge on any atom is 0.0700 e. The van der Waals surface area contributed by atoms with Crippen LogP contribution in [0.15, 0.2) is 0 Å². The highest BCUT2D eigenvalue weighted by atomic mass is 16.5. The molecular formula is C13H25NO. The number of hydrogen-bond donors (Lipinski definition) is 1. The van der Waals surface area contributed by atoms with E-state index in [0.29, 0.717) is 6.10 Å². The third kappa shape index (κ3) is 3.46. The van der Waals surface area contributed by atoms with Crippen molar-refractivity contribution in [1.29, 1.82) is 0 Å². The molecule has 0 spiro atoms. The maximum absolute atomic E-state index is 5.64. The van der Waals surface area contributed by atoms with Crippen LogP contribution >= 0.6 is 0 Å². The Balaban J connectivity index is 1.69. The minimum atomic E-state index is 0.498. The molecule has 2 rings (SSSR count). The van der Waals surface area contributed by atoms with Crippen molar-refractivity contribution in [3.8, 4) is 0 Å². The number of nitrogens with one attached hydrogen (secondary N) is 1. The van der Waals surface area contributed by atoms with E-state index in [1.54, 1.807) is 0 Å². The summed E-state index contributed by atoms with van der Waals surface area (Å²) in [5.74, 6) is 1.80. The van der Waals surface area contributed by atoms with Crippen LogP contribution in [-0.2, 0) is 4.74 Å². The van der Waals surface area contributed by atoms with Gasteiger partial charge in [0.1, 0.15) is 0 Å². The van der Waals surface area contributed by atoms with Gasteiger partial charge in [0.25, 0.3) is 0 Å². The highest BCUT2D eigenvalue weighted by Crippen LogP contribution is 2.28. The molecule has 1 unspecified atom stereocenters. The largest absolute Gasteiger partial charge is 0.377 e. The van der Waals surface area contributed by atoms with Gasteiger partial charge in [0.15, 0.2) is 0 Å². The topological polar surface area (TPSA) is 21.3 Å². The lowest BCUT2D eigenvalue weighted by molar-refractivity contribution is 0.102. The lowest BCUT2D eigenvalue weighted by atomic mass is 9.80. The Labute approximate surface area is 93.8 Å². The second-order valence-electron chi connectivity index (χ2n) is 5.66. The molecule has 1 aliphatic carbocycles. The predicted octanol–water partition coefficient (Wildman–Crippen LogP) is 2.58. The molecule has 0 aromatic heterocycles. The Morgan fingerprint density at radius 2 is 1.87 bits per heavy atom. The van der Waals surface area contributed by atoms with Crippen LogP contribution in [0.2, 0.25) is 0 Å². The van der Waals surface area contributed by atoms with Gasteiger partial charge in [-0.05, 0) is 43.9 Å². The minimum absolute atomic E-state index is 0.498. The first-order valence-corrected chi connectivity index (χ1v) is 6.59. The summed E-state index contributed by atoms with van der Waals surface area (Å²) in [5, 5.41) is 3.70. The van der Waals surface area contributed by atoms with Crippen LogP contribution in [0.5, 0.6) is 0 Å². The fourth-order valence-corrected chi connectivity index (χ4v) is 3.22. The molecular weight excluding hydrogens is 186 g/mol. The molecule has 0 bridgehead atoms. The van der Waals surface area contributed by atoms with Gasteiger partial charge in [-0.3, -0.25) is 0 Å². The van der Waals surface area contributed by atoms with Crippen LogP contribution < -0.4 is 5.32 Å². The molecule has 2 nitrogen and oxygen atoms in total. The molecule has 2 aliphatic rings. The molecule has 0 aromatic carbocycles. The summed E-state index contributed by atoms with van der Waals surface area (Å²) >= 11 is 0. The van der Waals surface area contributed by atoms with Gasteiger partial charge in [-0.15, -0.1) is 0 Å². The number of hydrogen-bond acceptors (Lipinski definition) is 2. The van der Waals surface area contributed by atoms with Crippen molar-refractivity contribution < 1.29 is 4.74 Å². The van der Waals surface area contributed by atoms with E-state index in [9.17, 15) is 0 Å². The Kier molecular flexibility index (Phi) is 4.04. The molecule has 0 radical (unpaired) electrons. The van der Waals surface area contributed by atoms with E-state index in [-0.39, 0.29) is 0 Å². The van der Waals surface area contributed by atoms with E-state index in [2.05, 4.69) is 19.2 Å². The van der Waals surface area contributed by atoms with Gasteiger partial charge in [-0.25, -0.2) is 0 Å². The highest BCUT2D eigenvalue weighted by Gasteiger charge is 2.24. The minimum Gasteiger partial charge on any atom is -0.377 e. The standard InChI is InChI=1S/C13H25NO/c1-10-6-11(2)8-12(7-10)14-9-13-4-3-5-15-13/h10-14H,3-9H2,1-2H3/t10-,11+,12?,13-/m0/s1. The maximum atomic E-state index is 5.64. The molecule has 0 aromatic rings. The fraction of sp³-hybridized carbons (Fsp3) is 1.00. The SMILES string of the molecule is C[C@@H]1CC(NC[C@@H]2CCCO2)C[C@H](C)C1. The Morgan fingerprint density at radius 1 is 1.13 bits per heavy atom. The van der Waals surface area contributed by atoms with Crippen molar-refractivity contribution in [1.82, 2.24) is 5.32 Å². The van der Waals surface area contributed by atoms with Crippen LogP contribution in [-0.4, -0.2) is 25.3 Å². The molecule has 2 heteroatoms. The lowest BCUT2D eigenvalue weighted by Gasteiger charge is -2.32. The molecule has 2 fully saturated rings. The van der Waals surface area contributed by atoms with Gasteiger partial charge in [0.05, 0.1) is 6.10 Å². The van der Waals surface area contributed by atoms with Crippen molar-refractivity contribution in [2.45, 2.75) is 58.1 Å². The van der Waals surface area contributed by atoms with E-state index < -0.39 is 0 Å². The van der Waals surface area contributed by atoms with E-state index in [0.717, 1.165) is 31.0 Å². The van der Waals surface area contributed by atoms with Gasteiger partial charge in [0.2, 0.25) is 0 Å². The fourth-order valence-electron chi connectivity index (χ4n) is 3.22. The van der Waals surface area contributed by atoms with Crippen molar-refractivity contribution in [3.63, 3.8) is 0 Å². The third-order valence-corrected chi connectivity index (χ3v) is 3.84. The first kappa shape index (κ1) is 11.4. The van der Waals surface area contributed by atoms with Crippen molar-refractivity contribution in [3.05, 3.63) is 0 Å². The quantitative estimate of drug-likeness (QED) is 0.774. The lowest BCUT2D eigenvalue weighted by Crippen LogP contribution is -2.40. The monoisotopic (exact) mass is 211 g/mol. The Hall–Kier alpha value is -0.0800. The zero-order chi connectivity index (χ0) is 10.7. The zero-order valence-corrected chi connectivity index (χ0v) is 10.2. The summed E-state index contributed by atoms with van der Waals surface area (Å²) in [4.78, 5) is 0. The molecule has 88 valence electrons. The summed E-state index contributed by atoms with van der Waals surface area (Å²) < 4.78 is 5.64. The van der Waals surface area contributed by atoms with Crippen LogP contribution in [0.25, 0.3) is 0 Å². The van der Waals surface area contributed by atoms with Gasteiger partial charge >= 0.3 is 0 Å². The average Bonchev–Trinajstić information content (AvgIpc) is 2.65. The van der Waals surface area contributed by atoms with Crippen molar-refractivity contribution in [2.24, 2.45) is 11.8 Å². The predicted molar refractivity (Wildman–Crippen MR) is 62.9 cm³/mol. The highest BCUT2D eigenvalue weighted by molar-refractivity contribution is 4.81. The Morgan fingerprint density at radius 3 is 2.47 bits per heavy atom. The summed E-state index contributed by atoms with van der Waals surface area (Å²) in [6.45, 7) is 6.82. The molecule has 1 aliphatic heterocycles. The summed E-state index contributed by atoms with van der Waals surface area (Å²) in [5.41, 5.74) is 0. The average molecular weight is 211 g/mol. The van der Waals surface area contributed by atoms with Crippen LogP contribution in [0, 0.1) is 11.8 Å². The number of ether oxygens (including phenoxy) is 1. The molecule has 1 heterocycles. The van der Waals surface area contributed by atoms with Crippen molar-refractivity contribution in [2.75, 3.05) is 13.2 Å². The summed E-state index contributed by atoms with van der Waals surface area (Å²) in [7, 11) is 0. The first-order valence-electron chi connectivity index (χ1n) is 6.59. The van der Waals surface area contributed by atoms with Crippen LogP contribution in [0.4, 0.5) is 0 Å². The van der Waals surface area contributed by atoms with E-state index in [4.69, 9.17) is 4.74 Å². The number of rotatable bonds is 3. The van der Waals surface area contributed by atoms with Gasteiger partial charge < -0.3 is 10.1 Å². The van der Waals surface area contributed by atoms with E-state index in [1.807, 2.05) is 0 Å². The molecule has 0 amide bonds. The molecule has 1 saturated heterocycles. The van der Waals surface area contributed by atoms with Gasteiger partial charge in [-0.1, -0.05) is 13.8 Å². The van der Waals surface area contributed by atoms with Crippen molar-refractivity contribution >= 4 is 0 Å². The molecule has 1 saturated carbocycles. The van der Waals surface area contributed by atoms with Crippen LogP contribution in [0.1, 0.15) is 46.0 Å². The third-order valence-electron chi connectivity index (χ3n) is 3.84. The van der Waals surface area contributed by atoms with E-state index in [1.165, 1.54) is 32.1 Å². The molecule has 4 atom stereocenters. The smallest absolute Gasteiger partial charge is 0.0700 e. The normalized spacial score (nSPS) is 42.0. The first-order chi connectivity index (χ1) is 7.24. The second-order valence-corrected chi connectivity index (χ2v) is 5.66. The second kappa shape index (κ2) is 5.31. The Bertz CT molecular complexity index is 179. The van der Waals surface area contributed by atoms with Gasteiger partial charge in [-0.2, -0.15) is 0 Å². The van der Waals surface area contributed by atoms with E-state index >= 15 is 0 Å². The van der Waals surface area contributed by atoms with Crippen LogP contribution in [0.3, 0.4) is 0 Å². The van der Waals surface area contributed by atoms with Gasteiger partial charge in [0, 0.05) is 19.2 Å².